The number of para-hydroxylation sites is 1. The molecule has 0 aromatic heterocycles. The Kier molecular flexibility index (Phi) is 7.27. The van der Waals surface area contributed by atoms with Crippen LogP contribution in [0.5, 0.6) is 0 Å². The number of ether oxygens (including phenoxy) is 1. The summed E-state index contributed by atoms with van der Waals surface area (Å²) in [5.74, 6) is -1.29. The monoisotopic (exact) mass is 478 g/mol. The number of anilines is 1. The van der Waals surface area contributed by atoms with E-state index in [4.69, 9.17) is 4.74 Å². The Morgan fingerprint density at radius 2 is 1.62 bits per heavy atom. The van der Waals surface area contributed by atoms with Crippen molar-refractivity contribution in [1.82, 2.24) is 4.90 Å². The third-order valence-corrected chi connectivity index (χ3v) is 6.78. The van der Waals surface area contributed by atoms with Crippen molar-refractivity contribution in [3.05, 3.63) is 101 Å². The van der Waals surface area contributed by atoms with Gasteiger partial charge >= 0.3 is 5.97 Å². The number of esters is 1. The molecule has 3 aromatic carbocycles. The minimum absolute atomic E-state index is 0.0736. The summed E-state index contributed by atoms with van der Waals surface area (Å²) in [5.41, 5.74) is 1.35. The number of carbonyl (C=O) groups excluding carboxylic acids is 3. The lowest BCUT2D eigenvalue weighted by Crippen LogP contribution is -2.34. The summed E-state index contributed by atoms with van der Waals surface area (Å²) >= 11 is 1.46. The van der Waals surface area contributed by atoms with E-state index in [9.17, 15) is 18.8 Å². The van der Waals surface area contributed by atoms with E-state index in [0.717, 1.165) is 0 Å². The molecular weight excluding hydrogens is 455 g/mol. The fourth-order valence-corrected chi connectivity index (χ4v) is 5.04. The molecule has 1 unspecified atom stereocenters. The standard InChI is InChI=1S/C26H23FN2O4S/c1-28(18-9-3-2-4-10-18)24(31)19-11-5-6-12-20(19)26(32)33-17-23(30)29-15-16-34-25(29)21-13-7-8-14-22(21)27/h2-14,25H,15-17H2,1H3. The second kappa shape index (κ2) is 10.5. The number of rotatable bonds is 6. The lowest BCUT2D eigenvalue weighted by molar-refractivity contribution is -0.134. The van der Waals surface area contributed by atoms with E-state index >= 15 is 0 Å². The molecule has 0 spiro atoms. The van der Waals surface area contributed by atoms with E-state index in [0.29, 0.717) is 23.5 Å². The maximum Gasteiger partial charge on any atom is 0.339 e. The van der Waals surface area contributed by atoms with Crippen molar-refractivity contribution in [2.24, 2.45) is 0 Å². The molecule has 3 aromatic rings. The van der Waals surface area contributed by atoms with Crippen LogP contribution in [0.4, 0.5) is 10.1 Å². The van der Waals surface area contributed by atoms with Gasteiger partial charge in [-0.3, -0.25) is 9.59 Å². The van der Waals surface area contributed by atoms with Crippen LogP contribution in [0.2, 0.25) is 0 Å². The summed E-state index contributed by atoms with van der Waals surface area (Å²) < 4.78 is 19.5. The zero-order chi connectivity index (χ0) is 24.1. The molecule has 4 rings (SSSR count). The second-order valence-electron chi connectivity index (χ2n) is 7.65. The summed E-state index contributed by atoms with van der Waals surface area (Å²) in [7, 11) is 1.62. The summed E-state index contributed by atoms with van der Waals surface area (Å²) in [5, 5.41) is -0.471. The molecule has 0 saturated carbocycles. The van der Waals surface area contributed by atoms with Crippen molar-refractivity contribution >= 4 is 35.2 Å². The SMILES string of the molecule is CN(C(=O)c1ccccc1C(=O)OCC(=O)N1CCSC1c1ccccc1F)c1ccccc1. The maximum atomic E-state index is 14.2. The van der Waals surface area contributed by atoms with Crippen LogP contribution in [0, 0.1) is 5.82 Å². The Bertz CT molecular complexity index is 1200. The average Bonchev–Trinajstić information content (AvgIpc) is 3.37. The van der Waals surface area contributed by atoms with Crippen LogP contribution >= 0.6 is 11.8 Å². The van der Waals surface area contributed by atoms with Crippen molar-refractivity contribution in [2.75, 3.05) is 30.9 Å². The van der Waals surface area contributed by atoms with Crippen LogP contribution in [0.1, 0.15) is 31.7 Å². The van der Waals surface area contributed by atoms with Gasteiger partial charge in [-0.2, -0.15) is 0 Å². The molecule has 8 heteroatoms. The van der Waals surface area contributed by atoms with Gasteiger partial charge in [0, 0.05) is 30.6 Å². The minimum atomic E-state index is -0.770. The van der Waals surface area contributed by atoms with Gasteiger partial charge in [0.05, 0.1) is 11.1 Å². The van der Waals surface area contributed by atoms with Crippen molar-refractivity contribution in [1.29, 1.82) is 0 Å². The van der Waals surface area contributed by atoms with Crippen molar-refractivity contribution in [3.63, 3.8) is 0 Å². The van der Waals surface area contributed by atoms with Gasteiger partial charge in [-0.15, -0.1) is 11.8 Å². The molecule has 6 nitrogen and oxygen atoms in total. The van der Waals surface area contributed by atoms with Gasteiger partial charge in [0.25, 0.3) is 11.8 Å². The predicted molar refractivity (Wildman–Crippen MR) is 129 cm³/mol. The lowest BCUT2D eigenvalue weighted by Gasteiger charge is -2.24. The van der Waals surface area contributed by atoms with Gasteiger partial charge in [0.2, 0.25) is 0 Å². The van der Waals surface area contributed by atoms with E-state index in [1.807, 2.05) is 18.2 Å². The van der Waals surface area contributed by atoms with Gasteiger partial charge < -0.3 is 14.5 Å². The quantitative estimate of drug-likeness (QED) is 0.487. The first-order valence-electron chi connectivity index (χ1n) is 10.7. The normalized spacial score (nSPS) is 15.1. The van der Waals surface area contributed by atoms with E-state index in [1.54, 1.807) is 55.6 Å². The Morgan fingerprint density at radius 1 is 0.971 bits per heavy atom. The molecule has 0 radical (unpaired) electrons. The molecule has 34 heavy (non-hydrogen) atoms. The summed E-state index contributed by atoms with van der Waals surface area (Å²) in [6.45, 7) is -0.0710. The number of carbonyl (C=O) groups is 3. The lowest BCUT2D eigenvalue weighted by atomic mass is 10.1. The Morgan fingerprint density at radius 3 is 2.35 bits per heavy atom. The van der Waals surface area contributed by atoms with Crippen molar-refractivity contribution < 1.29 is 23.5 Å². The first-order chi connectivity index (χ1) is 16.5. The second-order valence-corrected chi connectivity index (χ2v) is 8.84. The van der Waals surface area contributed by atoms with Crippen LogP contribution in [-0.2, 0) is 9.53 Å². The minimum Gasteiger partial charge on any atom is -0.452 e. The smallest absolute Gasteiger partial charge is 0.339 e. The Hall–Kier alpha value is -3.65. The summed E-state index contributed by atoms with van der Waals surface area (Å²) in [6, 6.07) is 21.7. The average molecular weight is 479 g/mol. The van der Waals surface area contributed by atoms with Gasteiger partial charge in [0.1, 0.15) is 11.2 Å². The number of thioether (sulfide) groups is 1. The third kappa shape index (κ3) is 4.97. The molecule has 1 fully saturated rings. The molecule has 1 aliphatic heterocycles. The number of hydrogen-bond donors (Lipinski definition) is 0. The van der Waals surface area contributed by atoms with Crippen LogP contribution in [0.3, 0.4) is 0 Å². The highest BCUT2D eigenvalue weighted by Gasteiger charge is 2.33. The topological polar surface area (TPSA) is 66.9 Å². The van der Waals surface area contributed by atoms with E-state index in [-0.39, 0.29) is 22.9 Å². The number of halogens is 1. The van der Waals surface area contributed by atoms with E-state index in [1.165, 1.54) is 33.7 Å². The van der Waals surface area contributed by atoms with Crippen molar-refractivity contribution in [2.45, 2.75) is 5.37 Å². The van der Waals surface area contributed by atoms with Gasteiger partial charge in [0.15, 0.2) is 6.61 Å². The third-order valence-electron chi connectivity index (χ3n) is 5.53. The van der Waals surface area contributed by atoms with Crippen molar-refractivity contribution in [3.8, 4) is 0 Å². The zero-order valence-electron chi connectivity index (χ0n) is 18.5. The molecule has 1 saturated heterocycles. The predicted octanol–water partition coefficient (Wildman–Crippen LogP) is 4.53. The molecule has 1 heterocycles. The van der Waals surface area contributed by atoms with Gasteiger partial charge in [-0.05, 0) is 30.3 Å². The highest BCUT2D eigenvalue weighted by molar-refractivity contribution is 7.99. The molecule has 1 aliphatic rings. The van der Waals surface area contributed by atoms with E-state index < -0.39 is 23.9 Å². The Balaban J connectivity index is 1.45. The zero-order valence-corrected chi connectivity index (χ0v) is 19.3. The first kappa shape index (κ1) is 23.5. The number of hydrogen-bond acceptors (Lipinski definition) is 5. The first-order valence-corrected chi connectivity index (χ1v) is 11.8. The highest BCUT2D eigenvalue weighted by Crippen LogP contribution is 2.38. The number of nitrogens with zero attached hydrogens (tertiary/aromatic N) is 2. The summed E-state index contributed by atoms with van der Waals surface area (Å²) in [4.78, 5) is 41.7. The number of benzene rings is 3. The molecule has 2 amide bonds. The van der Waals surface area contributed by atoms with Gasteiger partial charge in [-0.25, -0.2) is 9.18 Å². The van der Waals surface area contributed by atoms with Gasteiger partial charge in [-0.1, -0.05) is 48.5 Å². The molecule has 0 aliphatic carbocycles. The van der Waals surface area contributed by atoms with Crippen LogP contribution in [0.15, 0.2) is 78.9 Å². The largest absolute Gasteiger partial charge is 0.452 e. The molecular formula is C26H23FN2O4S. The fraction of sp³-hybridized carbons (Fsp3) is 0.192. The van der Waals surface area contributed by atoms with Crippen LogP contribution < -0.4 is 4.90 Å². The van der Waals surface area contributed by atoms with E-state index in [2.05, 4.69) is 0 Å². The highest BCUT2D eigenvalue weighted by atomic mass is 32.2. The summed E-state index contributed by atoms with van der Waals surface area (Å²) in [6.07, 6.45) is 0. The van der Waals surface area contributed by atoms with Crippen LogP contribution in [0.25, 0.3) is 0 Å². The maximum absolute atomic E-state index is 14.2. The molecule has 0 bridgehead atoms. The van der Waals surface area contributed by atoms with Crippen LogP contribution in [-0.4, -0.2) is 48.6 Å². The molecule has 1 atom stereocenters. The molecule has 0 N–H and O–H groups in total. The molecule has 174 valence electrons. The Labute approximate surface area is 201 Å². The number of amides is 2. The fourth-order valence-electron chi connectivity index (χ4n) is 3.74.